The lowest BCUT2D eigenvalue weighted by Gasteiger charge is -2.29. The second kappa shape index (κ2) is 17.9. The standard InChI is InChI=1S/C43H45ClN8O5S/c1-25-26(2)58-43-38(25)39(29-15-17-30(44)18-16-29)47-33(40-50-49-27(3)52(40)43)23-37(55)46-22-9-5-7-14-35(53)45-21-8-4-6-11-28-12-10-13-31-32(28)24-51(42(31)57)34-19-20-36(54)48-41(34)56/h10,12-13,15-18,33-34H,4-5,7-9,14,19-24H2,1-3H3,(H,45,53)(H,46,55)(H,48,54,56)/t33-,34?/m0/s1. The number of carbonyl (C=O) groups excluding carboxylic acids is 5. The van der Waals surface area contributed by atoms with E-state index in [2.05, 4.69) is 51.8 Å². The van der Waals surface area contributed by atoms with Crippen LogP contribution in [0.4, 0.5) is 0 Å². The molecule has 0 bridgehead atoms. The van der Waals surface area contributed by atoms with Gasteiger partial charge in [0.2, 0.25) is 23.6 Å². The molecular formula is C43H45ClN8O5S. The summed E-state index contributed by atoms with van der Waals surface area (Å²) in [7, 11) is 0. The predicted octanol–water partition coefficient (Wildman–Crippen LogP) is 5.58. The second-order valence-electron chi connectivity index (χ2n) is 14.8. The number of hydrogen-bond donors (Lipinski definition) is 3. The van der Waals surface area contributed by atoms with Crippen LogP contribution in [0, 0.1) is 32.6 Å². The number of benzene rings is 2. The average molecular weight is 821 g/mol. The van der Waals surface area contributed by atoms with Crippen molar-refractivity contribution in [2.45, 2.75) is 97.2 Å². The van der Waals surface area contributed by atoms with Gasteiger partial charge in [0.25, 0.3) is 5.91 Å². The summed E-state index contributed by atoms with van der Waals surface area (Å²) in [5, 5.41) is 18.8. The van der Waals surface area contributed by atoms with Crippen molar-refractivity contribution < 1.29 is 24.0 Å². The molecule has 2 atom stereocenters. The highest BCUT2D eigenvalue weighted by Crippen LogP contribution is 2.39. The van der Waals surface area contributed by atoms with Crippen LogP contribution in [0.1, 0.15) is 119 Å². The molecule has 1 saturated heterocycles. The highest BCUT2D eigenvalue weighted by molar-refractivity contribution is 7.15. The van der Waals surface area contributed by atoms with Crippen molar-refractivity contribution in [1.29, 1.82) is 0 Å². The van der Waals surface area contributed by atoms with Gasteiger partial charge < -0.3 is 15.5 Å². The van der Waals surface area contributed by atoms with E-state index < -0.39 is 18.0 Å². The molecule has 4 aromatic rings. The first-order chi connectivity index (χ1) is 28.0. The minimum atomic E-state index is -0.670. The van der Waals surface area contributed by atoms with Crippen LogP contribution in [-0.2, 0) is 25.7 Å². The van der Waals surface area contributed by atoms with Crippen LogP contribution >= 0.6 is 22.9 Å². The topological polar surface area (TPSA) is 168 Å². The van der Waals surface area contributed by atoms with Crippen molar-refractivity contribution >= 4 is 58.2 Å². The number of carbonyl (C=O) groups is 5. The Labute approximate surface area is 346 Å². The third-order valence-electron chi connectivity index (χ3n) is 10.7. The van der Waals surface area contributed by atoms with Gasteiger partial charge in [0.1, 0.15) is 22.9 Å². The molecule has 5 amide bonds. The minimum absolute atomic E-state index is 0.0222. The maximum absolute atomic E-state index is 13.3. The number of aliphatic imine (C=N–C) groups is 1. The third-order valence-corrected chi connectivity index (χ3v) is 12.2. The first-order valence-corrected chi connectivity index (χ1v) is 20.8. The Morgan fingerprint density at radius 3 is 2.53 bits per heavy atom. The SMILES string of the molecule is Cc1sc2c(c1C)C(c1ccc(Cl)cc1)=N[C@@H](CC(=O)NCCCCCC(=O)NCCCC#Cc1cccc3c1CN(C1CCC(=O)NC1=O)C3=O)c1nnc(C)n1-2. The van der Waals surface area contributed by atoms with E-state index in [-0.39, 0.29) is 43.0 Å². The summed E-state index contributed by atoms with van der Waals surface area (Å²) in [4.78, 5) is 70.6. The van der Waals surface area contributed by atoms with Gasteiger partial charge in [-0.25, -0.2) is 0 Å². The van der Waals surface area contributed by atoms with E-state index in [1.54, 1.807) is 23.5 Å². The first kappa shape index (κ1) is 40.5. The molecule has 1 fully saturated rings. The Morgan fingerprint density at radius 2 is 1.74 bits per heavy atom. The number of nitrogens with one attached hydrogen (secondary N) is 3. The summed E-state index contributed by atoms with van der Waals surface area (Å²) in [6, 6.07) is 11.8. The van der Waals surface area contributed by atoms with Crippen molar-refractivity contribution in [3.63, 3.8) is 0 Å². The minimum Gasteiger partial charge on any atom is -0.356 e. The lowest BCUT2D eigenvalue weighted by molar-refractivity contribution is -0.137. The molecule has 0 aliphatic carbocycles. The summed E-state index contributed by atoms with van der Waals surface area (Å²) in [6.45, 7) is 7.37. The van der Waals surface area contributed by atoms with E-state index >= 15 is 0 Å². The van der Waals surface area contributed by atoms with Crippen LogP contribution in [0.3, 0.4) is 0 Å². The Bertz CT molecular complexity index is 2370. The number of fused-ring (bicyclic) bond motifs is 4. The Morgan fingerprint density at radius 1 is 0.966 bits per heavy atom. The van der Waals surface area contributed by atoms with Crippen LogP contribution in [0.25, 0.3) is 5.00 Å². The molecule has 2 aromatic carbocycles. The second-order valence-corrected chi connectivity index (χ2v) is 16.4. The zero-order valence-corrected chi connectivity index (χ0v) is 34.3. The highest BCUT2D eigenvalue weighted by atomic mass is 35.5. The van der Waals surface area contributed by atoms with E-state index in [9.17, 15) is 24.0 Å². The van der Waals surface area contributed by atoms with Crippen molar-refractivity contribution in [3.05, 3.63) is 97.4 Å². The van der Waals surface area contributed by atoms with Crippen LogP contribution in [0.2, 0.25) is 5.02 Å². The number of aromatic nitrogens is 3. The molecule has 2 aromatic heterocycles. The largest absolute Gasteiger partial charge is 0.356 e. The lowest BCUT2D eigenvalue weighted by atomic mass is 9.99. The normalized spacial score (nSPS) is 17.0. The van der Waals surface area contributed by atoms with Gasteiger partial charge in [0, 0.05) is 71.1 Å². The van der Waals surface area contributed by atoms with Gasteiger partial charge in [-0.3, -0.25) is 38.8 Å². The maximum atomic E-state index is 13.3. The monoisotopic (exact) mass is 820 g/mol. The highest BCUT2D eigenvalue weighted by Gasteiger charge is 2.40. The van der Waals surface area contributed by atoms with Gasteiger partial charge in [0.15, 0.2) is 5.82 Å². The summed E-state index contributed by atoms with van der Waals surface area (Å²) >= 11 is 7.89. The number of nitrogens with zero attached hydrogens (tertiary/aromatic N) is 5. The average Bonchev–Trinajstić information content (AvgIpc) is 3.81. The number of piperidine rings is 1. The zero-order chi connectivity index (χ0) is 40.9. The molecule has 1 unspecified atom stereocenters. The molecule has 5 heterocycles. The molecule has 7 rings (SSSR count). The quantitative estimate of drug-likeness (QED) is 0.0900. The van der Waals surface area contributed by atoms with Gasteiger partial charge in [-0.1, -0.05) is 48.1 Å². The summed E-state index contributed by atoms with van der Waals surface area (Å²) < 4.78 is 2.03. The predicted molar refractivity (Wildman–Crippen MR) is 221 cm³/mol. The molecule has 58 heavy (non-hydrogen) atoms. The molecule has 0 saturated carbocycles. The van der Waals surface area contributed by atoms with Gasteiger partial charge in [-0.15, -0.1) is 21.5 Å². The van der Waals surface area contributed by atoms with E-state index in [1.165, 1.54) is 9.78 Å². The fraction of sp³-hybridized carbons (Fsp3) is 0.395. The van der Waals surface area contributed by atoms with Crippen LogP contribution in [-0.4, -0.2) is 74.0 Å². The van der Waals surface area contributed by atoms with Crippen molar-refractivity contribution in [2.75, 3.05) is 13.1 Å². The number of imide groups is 1. The number of halogens is 1. The molecule has 0 radical (unpaired) electrons. The summed E-state index contributed by atoms with van der Waals surface area (Å²) in [5.41, 5.74) is 5.93. The smallest absolute Gasteiger partial charge is 0.255 e. The van der Waals surface area contributed by atoms with E-state index in [0.29, 0.717) is 61.6 Å². The Hall–Kier alpha value is -5.65. The Balaban J connectivity index is 0.829. The number of aryl methyl sites for hydroxylation is 2. The van der Waals surface area contributed by atoms with E-state index in [1.807, 2.05) is 41.8 Å². The number of hydrogen-bond acceptors (Lipinski definition) is 9. The molecule has 3 aliphatic rings. The zero-order valence-electron chi connectivity index (χ0n) is 32.7. The first-order valence-electron chi connectivity index (χ1n) is 19.6. The molecule has 15 heteroatoms. The number of rotatable bonds is 13. The molecule has 0 spiro atoms. The van der Waals surface area contributed by atoms with Crippen molar-refractivity contribution in [3.8, 4) is 16.8 Å². The third kappa shape index (κ3) is 8.75. The molecule has 3 aliphatic heterocycles. The van der Waals surface area contributed by atoms with Gasteiger partial charge in [0.05, 0.1) is 12.1 Å². The molecule has 300 valence electrons. The summed E-state index contributed by atoms with van der Waals surface area (Å²) in [5.74, 6) is 6.54. The van der Waals surface area contributed by atoms with Gasteiger partial charge >= 0.3 is 0 Å². The molecular weight excluding hydrogens is 776 g/mol. The van der Waals surface area contributed by atoms with E-state index in [0.717, 1.165) is 57.2 Å². The number of unbranched alkanes of at least 4 members (excludes halogenated alkanes) is 3. The van der Waals surface area contributed by atoms with Crippen molar-refractivity contribution in [2.24, 2.45) is 4.99 Å². The lowest BCUT2D eigenvalue weighted by Crippen LogP contribution is -2.52. The molecule has 13 nitrogen and oxygen atoms in total. The Kier molecular flexibility index (Phi) is 12.5. The van der Waals surface area contributed by atoms with E-state index in [4.69, 9.17) is 16.6 Å². The number of amides is 5. The van der Waals surface area contributed by atoms with Crippen LogP contribution < -0.4 is 16.0 Å². The molecule has 3 N–H and O–H groups in total. The number of thiophene rings is 1. The van der Waals surface area contributed by atoms with Crippen LogP contribution in [0.5, 0.6) is 0 Å². The maximum Gasteiger partial charge on any atom is 0.255 e. The fourth-order valence-electron chi connectivity index (χ4n) is 7.55. The van der Waals surface area contributed by atoms with Gasteiger partial charge in [-0.2, -0.15) is 0 Å². The summed E-state index contributed by atoms with van der Waals surface area (Å²) in [6.07, 6.45) is 4.50. The fourth-order valence-corrected chi connectivity index (χ4v) is 8.89. The van der Waals surface area contributed by atoms with Crippen LogP contribution in [0.15, 0.2) is 47.5 Å². The van der Waals surface area contributed by atoms with Gasteiger partial charge in [-0.05, 0) is 81.8 Å². The van der Waals surface area contributed by atoms with Crippen molar-refractivity contribution in [1.82, 2.24) is 35.6 Å².